The van der Waals surface area contributed by atoms with E-state index in [2.05, 4.69) is 20.8 Å². The number of hydrogen-bond acceptors (Lipinski definition) is 2. The van der Waals surface area contributed by atoms with Crippen LogP contribution in [0.4, 0.5) is 0 Å². The summed E-state index contributed by atoms with van der Waals surface area (Å²) in [7, 11) is 0. The van der Waals surface area contributed by atoms with Crippen LogP contribution in [0.2, 0.25) is 0 Å². The second-order valence-corrected chi connectivity index (χ2v) is 6.33. The van der Waals surface area contributed by atoms with E-state index in [1.54, 1.807) is 0 Å². The topological polar surface area (TPSA) is 46.5 Å². The van der Waals surface area contributed by atoms with Crippen LogP contribution < -0.4 is 0 Å². The van der Waals surface area contributed by atoms with Gasteiger partial charge in [0.2, 0.25) is 0 Å². The molecule has 0 aromatic rings. The Labute approximate surface area is 111 Å². The first kappa shape index (κ1) is 15.5. The van der Waals surface area contributed by atoms with Gasteiger partial charge in [0.25, 0.3) is 0 Å². The summed E-state index contributed by atoms with van der Waals surface area (Å²) in [4.78, 5) is 11.5. The van der Waals surface area contributed by atoms with Gasteiger partial charge in [-0.05, 0) is 37.5 Å². The molecule has 0 spiro atoms. The van der Waals surface area contributed by atoms with Crippen molar-refractivity contribution in [1.29, 1.82) is 0 Å². The zero-order valence-electron chi connectivity index (χ0n) is 12.1. The molecule has 1 N–H and O–H groups in total. The predicted molar refractivity (Wildman–Crippen MR) is 72.6 cm³/mol. The Morgan fingerprint density at radius 1 is 1.44 bits per heavy atom. The molecule has 3 nitrogen and oxygen atoms in total. The van der Waals surface area contributed by atoms with Crippen LogP contribution >= 0.6 is 0 Å². The number of hydrogen-bond donors (Lipinski definition) is 1. The highest BCUT2D eigenvalue weighted by Crippen LogP contribution is 2.42. The molecule has 1 rings (SSSR count). The Hall–Kier alpha value is -0.570. The van der Waals surface area contributed by atoms with Crippen LogP contribution in [0, 0.1) is 17.3 Å². The van der Waals surface area contributed by atoms with Gasteiger partial charge in [0.05, 0.1) is 5.41 Å². The summed E-state index contributed by atoms with van der Waals surface area (Å²) >= 11 is 0. The average Bonchev–Trinajstić information content (AvgIpc) is 2.28. The maximum atomic E-state index is 11.5. The highest BCUT2D eigenvalue weighted by Gasteiger charge is 2.41. The smallest absolute Gasteiger partial charge is 0.309 e. The molecular weight excluding hydrogens is 228 g/mol. The molecule has 0 amide bonds. The maximum absolute atomic E-state index is 11.5. The Balaban J connectivity index is 2.36. The quantitative estimate of drug-likeness (QED) is 0.706. The van der Waals surface area contributed by atoms with Crippen molar-refractivity contribution in [3.05, 3.63) is 0 Å². The fraction of sp³-hybridized carbons (Fsp3) is 0.933. The molecule has 0 aromatic carbocycles. The van der Waals surface area contributed by atoms with Gasteiger partial charge in [-0.3, -0.25) is 4.79 Å². The van der Waals surface area contributed by atoms with E-state index in [-0.39, 0.29) is 0 Å². The molecule has 1 aliphatic carbocycles. The van der Waals surface area contributed by atoms with Gasteiger partial charge < -0.3 is 9.84 Å². The largest absolute Gasteiger partial charge is 0.481 e. The van der Waals surface area contributed by atoms with Gasteiger partial charge in [-0.15, -0.1) is 0 Å². The van der Waals surface area contributed by atoms with E-state index in [0.717, 1.165) is 32.3 Å². The Kier molecular flexibility index (Phi) is 6.13. The number of rotatable bonds is 7. The summed E-state index contributed by atoms with van der Waals surface area (Å²) in [5.74, 6) is 0.556. The lowest BCUT2D eigenvalue weighted by molar-refractivity contribution is -0.153. The zero-order chi connectivity index (χ0) is 13.6. The number of carboxylic acid groups (broad SMARTS) is 1. The molecule has 0 aromatic heterocycles. The number of carboxylic acids is 1. The average molecular weight is 256 g/mol. The lowest BCUT2D eigenvalue weighted by Gasteiger charge is -2.36. The zero-order valence-corrected chi connectivity index (χ0v) is 12.1. The van der Waals surface area contributed by atoms with E-state index in [4.69, 9.17) is 4.74 Å². The monoisotopic (exact) mass is 256 g/mol. The molecule has 106 valence electrons. The van der Waals surface area contributed by atoms with Crippen LogP contribution in [-0.4, -0.2) is 24.3 Å². The molecule has 0 aliphatic heterocycles. The molecule has 0 heterocycles. The molecule has 0 bridgehead atoms. The van der Waals surface area contributed by atoms with Gasteiger partial charge in [-0.1, -0.05) is 33.6 Å². The summed E-state index contributed by atoms with van der Waals surface area (Å²) in [6.07, 6.45) is 5.57. The molecule has 1 saturated carbocycles. The van der Waals surface area contributed by atoms with Crippen LogP contribution in [0.25, 0.3) is 0 Å². The van der Waals surface area contributed by atoms with Crippen LogP contribution in [0.1, 0.15) is 59.3 Å². The van der Waals surface area contributed by atoms with Gasteiger partial charge in [0, 0.05) is 13.2 Å². The lowest BCUT2D eigenvalue weighted by Crippen LogP contribution is -2.37. The van der Waals surface area contributed by atoms with Crippen LogP contribution in [0.5, 0.6) is 0 Å². The van der Waals surface area contributed by atoms with Crippen molar-refractivity contribution < 1.29 is 14.6 Å². The molecule has 1 fully saturated rings. The first-order chi connectivity index (χ1) is 8.46. The van der Waals surface area contributed by atoms with Gasteiger partial charge in [0.1, 0.15) is 0 Å². The van der Waals surface area contributed by atoms with Gasteiger partial charge in [0.15, 0.2) is 0 Å². The predicted octanol–water partition coefficient (Wildman–Crippen LogP) is 3.72. The Bertz CT molecular complexity index is 262. The molecular formula is C15H28O3. The van der Waals surface area contributed by atoms with E-state index >= 15 is 0 Å². The first-order valence-corrected chi connectivity index (χ1v) is 7.27. The minimum atomic E-state index is -0.624. The normalized spacial score (nSPS) is 28.6. The van der Waals surface area contributed by atoms with Crippen molar-refractivity contribution in [3.63, 3.8) is 0 Å². The summed E-state index contributed by atoms with van der Waals surface area (Å²) in [6.45, 7) is 7.85. The third kappa shape index (κ3) is 4.60. The lowest BCUT2D eigenvalue weighted by atomic mass is 9.68. The van der Waals surface area contributed by atoms with E-state index < -0.39 is 11.4 Å². The van der Waals surface area contributed by atoms with E-state index in [1.807, 2.05) is 0 Å². The van der Waals surface area contributed by atoms with Gasteiger partial charge >= 0.3 is 5.97 Å². The minimum absolute atomic E-state index is 0.518. The van der Waals surface area contributed by atoms with Gasteiger partial charge in [-0.2, -0.15) is 0 Å². The summed E-state index contributed by atoms with van der Waals surface area (Å²) in [5.41, 5.74) is -0.518. The molecule has 2 atom stereocenters. The second kappa shape index (κ2) is 7.13. The minimum Gasteiger partial charge on any atom is -0.481 e. The van der Waals surface area contributed by atoms with Crippen molar-refractivity contribution in [2.75, 3.05) is 13.2 Å². The highest BCUT2D eigenvalue weighted by molar-refractivity contribution is 5.74. The van der Waals surface area contributed by atoms with E-state index in [9.17, 15) is 9.90 Å². The maximum Gasteiger partial charge on any atom is 0.309 e. The van der Waals surface area contributed by atoms with Crippen molar-refractivity contribution in [2.45, 2.75) is 59.3 Å². The molecule has 0 saturated heterocycles. The summed E-state index contributed by atoms with van der Waals surface area (Å²) in [6, 6.07) is 0. The molecule has 0 radical (unpaired) electrons. The second-order valence-electron chi connectivity index (χ2n) is 6.33. The molecule has 3 heteroatoms. The first-order valence-electron chi connectivity index (χ1n) is 7.27. The molecule has 2 unspecified atom stereocenters. The standard InChI is InChI=1S/C15H28O3/c1-12(2)6-9-18-10-8-15(14(16)17)7-4-5-13(3)11-15/h12-13H,4-11H2,1-3H3,(H,16,17). The molecule has 1 aliphatic rings. The summed E-state index contributed by atoms with van der Waals surface area (Å²) in [5, 5.41) is 9.50. The third-order valence-electron chi connectivity index (χ3n) is 4.11. The fourth-order valence-corrected chi connectivity index (χ4v) is 2.88. The molecule has 18 heavy (non-hydrogen) atoms. The van der Waals surface area contributed by atoms with Crippen molar-refractivity contribution in [1.82, 2.24) is 0 Å². The van der Waals surface area contributed by atoms with Crippen LogP contribution in [-0.2, 0) is 9.53 Å². The van der Waals surface area contributed by atoms with Crippen molar-refractivity contribution in [2.24, 2.45) is 17.3 Å². The summed E-state index contributed by atoms with van der Waals surface area (Å²) < 4.78 is 5.59. The fourth-order valence-electron chi connectivity index (χ4n) is 2.88. The van der Waals surface area contributed by atoms with Crippen LogP contribution in [0.3, 0.4) is 0 Å². The SMILES string of the molecule is CC(C)CCOCCC1(C(=O)O)CCCC(C)C1. The van der Waals surface area contributed by atoms with Crippen molar-refractivity contribution >= 4 is 5.97 Å². The van der Waals surface area contributed by atoms with E-state index in [1.165, 1.54) is 6.42 Å². The Morgan fingerprint density at radius 3 is 2.72 bits per heavy atom. The number of carbonyl (C=O) groups is 1. The Morgan fingerprint density at radius 2 is 2.17 bits per heavy atom. The number of aliphatic carboxylic acids is 1. The highest BCUT2D eigenvalue weighted by atomic mass is 16.5. The van der Waals surface area contributed by atoms with Gasteiger partial charge in [-0.25, -0.2) is 0 Å². The third-order valence-corrected chi connectivity index (χ3v) is 4.11. The van der Waals surface area contributed by atoms with Crippen molar-refractivity contribution in [3.8, 4) is 0 Å². The van der Waals surface area contributed by atoms with E-state index in [0.29, 0.717) is 24.9 Å². The van der Waals surface area contributed by atoms with Crippen LogP contribution in [0.15, 0.2) is 0 Å². The number of ether oxygens (including phenoxy) is 1.